The van der Waals surface area contributed by atoms with Gasteiger partial charge in [0.2, 0.25) is 11.8 Å². The molecule has 0 radical (unpaired) electrons. The number of benzene rings is 1. The summed E-state index contributed by atoms with van der Waals surface area (Å²) in [6, 6.07) is 7.31. The highest BCUT2D eigenvalue weighted by molar-refractivity contribution is 5.90. The summed E-state index contributed by atoms with van der Waals surface area (Å²) < 4.78 is 5.33. The summed E-state index contributed by atoms with van der Waals surface area (Å²) in [5, 5.41) is 18.2. The SMILES string of the molecule is CN1CCC(c2noc(CCC(=O)NCCCNc3n[nH]c(=O)c4ccccc34)n2)CC1. The number of aromatic amines is 1. The highest BCUT2D eigenvalue weighted by Gasteiger charge is 2.23. The Morgan fingerprint density at radius 1 is 1.22 bits per heavy atom. The molecule has 0 spiro atoms. The van der Waals surface area contributed by atoms with Gasteiger partial charge in [-0.25, -0.2) is 5.10 Å². The molecular formula is C22H29N7O3. The third kappa shape index (κ3) is 5.50. The molecule has 170 valence electrons. The van der Waals surface area contributed by atoms with Crippen LogP contribution in [0, 0.1) is 0 Å². The largest absolute Gasteiger partial charge is 0.368 e. The molecular weight excluding hydrogens is 410 g/mol. The summed E-state index contributed by atoms with van der Waals surface area (Å²) in [5.41, 5.74) is -0.210. The average Bonchev–Trinajstić information content (AvgIpc) is 3.28. The van der Waals surface area contributed by atoms with Crippen molar-refractivity contribution in [2.45, 2.75) is 38.0 Å². The third-order valence-electron chi connectivity index (χ3n) is 5.80. The molecule has 3 aromatic rings. The second-order valence-corrected chi connectivity index (χ2v) is 8.20. The van der Waals surface area contributed by atoms with E-state index in [4.69, 9.17) is 4.52 Å². The van der Waals surface area contributed by atoms with Crippen molar-refractivity contribution in [2.75, 3.05) is 38.5 Å². The first-order valence-electron chi connectivity index (χ1n) is 11.1. The van der Waals surface area contributed by atoms with Crippen LogP contribution >= 0.6 is 0 Å². The van der Waals surface area contributed by atoms with Crippen molar-refractivity contribution >= 4 is 22.5 Å². The van der Waals surface area contributed by atoms with Crippen molar-refractivity contribution in [1.82, 2.24) is 30.6 Å². The van der Waals surface area contributed by atoms with Crippen molar-refractivity contribution < 1.29 is 9.32 Å². The van der Waals surface area contributed by atoms with E-state index in [0.717, 1.165) is 43.6 Å². The van der Waals surface area contributed by atoms with E-state index in [1.54, 1.807) is 6.07 Å². The molecule has 1 saturated heterocycles. The highest BCUT2D eigenvalue weighted by atomic mass is 16.5. The molecule has 32 heavy (non-hydrogen) atoms. The van der Waals surface area contributed by atoms with Crippen LogP contribution in [0.25, 0.3) is 10.8 Å². The zero-order valence-electron chi connectivity index (χ0n) is 18.3. The molecule has 10 nitrogen and oxygen atoms in total. The number of anilines is 1. The van der Waals surface area contributed by atoms with E-state index in [1.807, 2.05) is 18.2 Å². The molecule has 4 rings (SSSR count). The van der Waals surface area contributed by atoms with Gasteiger partial charge in [-0.15, -0.1) is 0 Å². The average molecular weight is 440 g/mol. The molecule has 1 aliphatic rings. The lowest BCUT2D eigenvalue weighted by Crippen LogP contribution is -2.29. The molecule has 1 aliphatic heterocycles. The number of piperidine rings is 1. The first-order valence-corrected chi connectivity index (χ1v) is 11.1. The predicted molar refractivity (Wildman–Crippen MR) is 121 cm³/mol. The topological polar surface area (TPSA) is 129 Å². The summed E-state index contributed by atoms with van der Waals surface area (Å²) >= 11 is 0. The van der Waals surface area contributed by atoms with Gasteiger partial charge in [0.05, 0.1) is 5.39 Å². The monoisotopic (exact) mass is 439 g/mol. The predicted octanol–water partition coefficient (Wildman–Crippen LogP) is 1.67. The minimum absolute atomic E-state index is 0.0448. The molecule has 1 fully saturated rings. The lowest BCUT2D eigenvalue weighted by molar-refractivity contribution is -0.121. The minimum Gasteiger partial charge on any atom is -0.368 e. The van der Waals surface area contributed by atoms with Crippen LogP contribution < -0.4 is 16.2 Å². The lowest BCUT2D eigenvalue weighted by Gasteiger charge is -2.26. The Balaban J connectivity index is 1.15. The van der Waals surface area contributed by atoms with E-state index in [-0.39, 0.29) is 11.5 Å². The maximum Gasteiger partial charge on any atom is 0.272 e. The van der Waals surface area contributed by atoms with Gasteiger partial charge in [-0.3, -0.25) is 9.59 Å². The van der Waals surface area contributed by atoms with E-state index in [0.29, 0.717) is 48.9 Å². The third-order valence-corrected chi connectivity index (χ3v) is 5.80. The second-order valence-electron chi connectivity index (χ2n) is 8.20. The van der Waals surface area contributed by atoms with Crippen molar-refractivity contribution in [3.63, 3.8) is 0 Å². The fraction of sp³-hybridized carbons (Fsp3) is 0.500. The van der Waals surface area contributed by atoms with Gasteiger partial charge < -0.3 is 20.1 Å². The minimum atomic E-state index is -0.210. The van der Waals surface area contributed by atoms with Crippen molar-refractivity contribution in [3.8, 4) is 0 Å². The van der Waals surface area contributed by atoms with Crippen molar-refractivity contribution in [3.05, 3.63) is 46.3 Å². The molecule has 0 bridgehead atoms. The Bertz CT molecular complexity index is 1100. The first kappa shape index (κ1) is 21.9. The summed E-state index contributed by atoms with van der Waals surface area (Å²) in [6.45, 7) is 3.24. The number of hydrogen-bond acceptors (Lipinski definition) is 8. The number of aryl methyl sites for hydroxylation is 1. The van der Waals surface area contributed by atoms with Crippen LogP contribution in [-0.2, 0) is 11.2 Å². The number of H-pyrrole nitrogens is 1. The van der Waals surface area contributed by atoms with Crippen molar-refractivity contribution in [1.29, 1.82) is 0 Å². The molecule has 1 amide bonds. The quantitative estimate of drug-likeness (QED) is 0.430. The number of likely N-dealkylation sites (tertiary alicyclic amines) is 1. The summed E-state index contributed by atoms with van der Waals surface area (Å²) in [6.07, 6.45) is 3.55. The van der Waals surface area contributed by atoms with Gasteiger partial charge in [0.25, 0.3) is 5.56 Å². The Morgan fingerprint density at radius 3 is 2.81 bits per heavy atom. The zero-order valence-corrected chi connectivity index (χ0v) is 18.3. The van der Waals surface area contributed by atoms with Gasteiger partial charge in [-0.05, 0) is 45.5 Å². The fourth-order valence-corrected chi connectivity index (χ4v) is 3.88. The number of rotatable bonds is 9. The lowest BCUT2D eigenvalue weighted by atomic mass is 9.97. The Hall–Kier alpha value is -3.27. The Morgan fingerprint density at radius 2 is 2.00 bits per heavy atom. The molecule has 0 aliphatic carbocycles. The number of fused-ring (bicyclic) bond motifs is 1. The van der Waals surface area contributed by atoms with Crippen LogP contribution in [0.3, 0.4) is 0 Å². The maximum absolute atomic E-state index is 12.1. The van der Waals surface area contributed by atoms with E-state index >= 15 is 0 Å². The number of carbonyl (C=O) groups is 1. The second kappa shape index (κ2) is 10.4. The van der Waals surface area contributed by atoms with Crippen LogP contribution in [0.5, 0.6) is 0 Å². The number of amides is 1. The van der Waals surface area contributed by atoms with Crippen molar-refractivity contribution in [2.24, 2.45) is 0 Å². The molecule has 1 aromatic carbocycles. The van der Waals surface area contributed by atoms with Gasteiger partial charge in [0, 0.05) is 37.2 Å². The molecule has 0 unspecified atom stereocenters. The molecule has 0 atom stereocenters. The van der Waals surface area contributed by atoms with Crippen LogP contribution in [-0.4, -0.2) is 64.4 Å². The number of nitrogens with one attached hydrogen (secondary N) is 3. The standard InChI is InChI=1S/C22H29N7O3/c1-29-13-9-15(10-14-29)20-25-19(32-28-20)8-7-18(30)23-11-4-12-24-21-16-5-2-3-6-17(16)22(31)27-26-21/h2-3,5-6,15H,4,7-14H2,1H3,(H,23,30)(H,24,26)(H,27,31). The van der Waals surface area contributed by atoms with E-state index in [1.165, 1.54) is 0 Å². The van der Waals surface area contributed by atoms with Crippen LogP contribution in [0.15, 0.2) is 33.6 Å². The van der Waals surface area contributed by atoms with Crippen LogP contribution in [0.4, 0.5) is 5.82 Å². The number of aromatic nitrogens is 4. The van der Waals surface area contributed by atoms with Crippen LogP contribution in [0.1, 0.15) is 43.3 Å². The smallest absolute Gasteiger partial charge is 0.272 e. The molecule has 3 N–H and O–H groups in total. The summed E-state index contributed by atoms with van der Waals surface area (Å²) in [4.78, 5) is 30.7. The van der Waals surface area contributed by atoms with Gasteiger partial charge in [-0.1, -0.05) is 23.4 Å². The molecule has 3 heterocycles. The van der Waals surface area contributed by atoms with Gasteiger partial charge in [0.15, 0.2) is 11.6 Å². The summed E-state index contributed by atoms with van der Waals surface area (Å²) in [5.74, 6) is 2.22. The van der Waals surface area contributed by atoms with Gasteiger partial charge >= 0.3 is 0 Å². The Kier molecular flexibility index (Phi) is 7.10. The van der Waals surface area contributed by atoms with E-state index in [9.17, 15) is 9.59 Å². The zero-order chi connectivity index (χ0) is 22.3. The van der Waals surface area contributed by atoms with Gasteiger partial charge in [-0.2, -0.15) is 10.1 Å². The summed E-state index contributed by atoms with van der Waals surface area (Å²) in [7, 11) is 2.12. The van der Waals surface area contributed by atoms with E-state index < -0.39 is 0 Å². The molecule has 0 saturated carbocycles. The fourth-order valence-electron chi connectivity index (χ4n) is 3.88. The van der Waals surface area contributed by atoms with Gasteiger partial charge in [0.1, 0.15) is 0 Å². The molecule has 2 aromatic heterocycles. The Labute approximate surface area is 185 Å². The number of nitrogens with zero attached hydrogens (tertiary/aromatic N) is 4. The number of carbonyl (C=O) groups excluding carboxylic acids is 1. The highest BCUT2D eigenvalue weighted by Crippen LogP contribution is 2.25. The maximum atomic E-state index is 12.1. The number of hydrogen-bond donors (Lipinski definition) is 3. The van der Waals surface area contributed by atoms with E-state index in [2.05, 4.69) is 42.9 Å². The normalized spacial score (nSPS) is 15.2. The molecule has 10 heteroatoms. The van der Waals surface area contributed by atoms with Crippen LogP contribution in [0.2, 0.25) is 0 Å². The first-order chi connectivity index (χ1) is 15.6.